The fraction of sp³-hybridized carbons (Fsp3) is 0.667. The van der Waals surface area contributed by atoms with Gasteiger partial charge in [-0.1, -0.05) is 32.5 Å². The molecule has 0 radical (unpaired) electrons. The number of aliphatic hydroxyl groups is 1. The Bertz CT molecular complexity index is 316. The van der Waals surface area contributed by atoms with Crippen molar-refractivity contribution in [2.24, 2.45) is 5.92 Å². The topological polar surface area (TPSA) is 58.0 Å². The Kier molecular flexibility index (Phi) is 6.47. The number of nitrogens with zero attached hydrogens (tertiary/aromatic N) is 2. The lowest BCUT2D eigenvalue weighted by Crippen LogP contribution is -2.21. The molecule has 5 heteroatoms. The molecule has 1 unspecified atom stereocenters. The standard InChI is InChI=1S/C12H21N3OS/c1-9(2)13-4-11-5-14-12(15-6-11)17-8-10(3)7-16/h5-6,9-10,13,16H,4,7-8H2,1-3H3. The van der Waals surface area contributed by atoms with E-state index in [9.17, 15) is 0 Å². The summed E-state index contributed by atoms with van der Waals surface area (Å²) < 4.78 is 0. The summed E-state index contributed by atoms with van der Waals surface area (Å²) in [6.07, 6.45) is 3.71. The van der Waals surface area contributed by atoms with Crippen molar-refractivity contribution >= 4 is 11.8 Å². The lowest BCUT2D eigenvalue weighted by Gasteiger charge is -2.08. The van der Waals surface area contributed by atoms with Crippen LogP contribution in [0.5, 0.6) is 0 Å². The van der Waals surface area contributed by atoms with Crippen LogP contribution in [0, 0.1) is 5.92 Å². The average Bonchev–Trinajstić information content (AvgIpc) is 2.34. The zero-order valence-corrected chi connectivity index (χ0v) is 11.5. The summed E-state index contributed by atoms with van der Waals surface area (Å²) in [5.41, 5.74) is 1.10. The van der Waals surface area contributed by atoms with Gasteiger partial charge >= 0.3 is 0 Å². The summed E-state index contributed by atoms with van der Waals surface area (Å²) in [5.74, 6) is 1.13. The molecule has 1 heterocycles. The summed E-state index contributed by atoms with van der Waals surface area (Å²) in [6, 6.07) is 0.467. The second-order valence-corrected chi connectivity index (χ2v) is 5.50. The van der Waals surface area contributed by atoms with Crippen LogP contribution < -0.4 is 5.32 Å². The van der Waals surface area contributed by atoms with E-state index in [0.29, 0.717) is 6.04 Å². The SMILES string of the molecule is CC(CO)CSc1ncc(CNC(C)C)cn1. The van der Waals surface area contributed by atoms with E-state index in [0.717, 1.165) is 23.0 Å². The fourth-order valence-corrected chi connectivity index (χ4v) is 1.89. The molecular weight excluding hydrogens is 234 g/mol. The first kappa shape index (κ1) is 14.4. The molecule has 0 saturated carbocycles. The van der Waals surface area contributed by atoms with Crippen LogP contribution in [0.4, 0.5) is 0 Å². The molecule has 1 atom stereocenters. The lowest BCUT2D eigenvalue weighted by atomic mass is 10.2. The van der Waals surface area contributed by atoms with Crippen molar-refractivity contribution in [3.8, 4) is 0 Å². The second-order valence-electron chi connectivity index (χ2n) is 4.51. The molecule has 2 N–H and O–H groups in total. The molecule has 0 aliphatic carbocycles. The largest absolute Gasteiger partial charge is 0.396 e. The van der Waals surface area contributed by atoms with Gasteiger partial charge in [0.25, 0.3) is 0 Å². The van der Waals surface area contributed by atoms with Gasteiger partial charge in [0.1, 0.15) is 0 Å². The second kappa shape index (κ2) is 7.63. The number of thioether (sulfide) groups is 1. The predicted octanol–water partition coefficient (Wildman–Crippen LogP) is 1.70. The molecule has 0 aliphatic heterocycles. The van der Waals surface area contributed by atoms with Gasteiger partial charge in [0.15, 0.2) is 5.16 Å². The minimum absolute atomic E-state index is 0.212. The average molecular weight is 255 g/mol. The van der Waals surface area contributed by atoms with Crippen molar-refractivity contribution in [2.45, 2.75) is 38.5 Å². The zero-order valence-electron chi connectivity index (χ0n) is 10.7. The highest BCUT2D eigenvalue weighted by Gasteiger charge is 2.04. The Balaban J connectivity index is 2.39. The number of hydrogen-bond acceptors (Lipinski definition) is 5. The first-order valence-corrected chi connectivity index (χ1v) is 6.88. The van der Waals surface area contributed by atoms with Gasteiger partial charge in [-0.2, -0.15) is 0 Å². The van der Waals surface area contributed by atoms with Crippen molar-refractivity contribution in [3.63, 3.8) is 0 Å². The van der Waals surface area contributed by atoms with Gasteiger partial charge in [0.05, 0.1) is 0 Å². The third-order valence-electron chi connectivity index (χ3n) is 2.20. The van der Waals surface area contributed by atoms with Gasteiger partial charge in [0, 0.05) is 42.9 Å². The summed E-state index contributed by atoms with van der Waals surface area (Å²) in [6.45, 7) is 7.25. The molecule has 1 aromatic heterocycles. The minimum Gasteiger partial charge on any atom is -0.396 e. The third-order valence-corrected chi connectivity index (χ3v) is 3.41. The zero-order chi connectivity index (χ0) is 12.7. The number of aromatic nitrogens is 2. The Labute approximate surface area is 107 Å². The van der Waals surface area contributed by atoms with E-state index in [1.54, 1.807) is 11.8 Å². The molecule has 96 valence electrons. The highest BCUT2D eigenvalue weighted by molar-refractivity contribution is 7.99. The van der Waals surface area contributed by atoms with Crippen LogP contribution in [-0.4, -0.2) is 33.5 Å². The molecular formula is C12H21N3OS. The van der Waals surface area contributed by atoms with Crippen molar-refractivity contribution < 1.29 is 5.11 Å². The van der Waals surface area contributed by atoms with Gasteiger partial charge in [-0.3, -0.25) is 0 Å². The van der Waals surface area contributed by atoms with Crippen LogP contribution in [0.15, 0.2) is 17.6 Å². The highest BCUT2D eigenvalue weighted by Crippen LogP contribution is 2.15. The number of aliphatic hydroxyl groups excluding tert-OH is 1. The third kappa shape index (κ3) is 6.00. The minimum atomic E-state index is 0.212. The molecule has 0 aliphatic rings. The predicted molar refractivity (Wildman–Crippen MR) is 71.0 cm³/mol. The van der Waals surface area contributed by atoms with Gasteiger partial charge < -0.3 is 10.4 Å². The summed E-state index contributed by atoms with van der Waals surface area (Å²) in [4.78, 5) is 8.59. The van der Waals surface area contributed by atoms with Crippen molar-refractivity contribution in [1.29, 1.82) is 0 Å². The van der Waals surface area contributed by atoms with E-state index in [4.69, 9.17) is 5.11 Å². The van der Waals surface area contributed by atoms with Crippen LogP contribution in [0.25, 0.3) is 0 Å². The highest BCUT2D eigenvalue weighted by atomic mass is 32.2. The molecule has 1 rings (SSSR count). The number of rotatable bonds is 7. The van der Waals surface area contributed by atoms with Crippen molar-refractivity contribution in [2.75, 3.05) is 12.4 Å². The van der Waals surface area contributed by atoms with E-state index in [1.807, 2.05) is 19.3 Å². The van der Waals surface area contributed by atoms with Crippen LogP contribution in [0.1, 0.15) is 26.3 Å². The number of nitrogens with one attached hydrogen (secondary N) is 1. The molecule has 1 aromatic rings. The molecule has 0 amide bonds. The first-order chi connectivity index (χ1) is 8.11. The van der Waals surface area contributed by atoms with Gasteiger partial charge in [-0.15, -0.1) is 0 Å². The van der Waals surface area contributed by atoms with Crippen LogP contribution in [-0.2, 0) is 6.54 Å². The quantitative estimate of drug-likeness (QED) is 0.573. The molecule has 0 spiro atoms. The molecule has 0 aromatic carbocycles. The fourth-order valence-electron chi connectivity index (χ4n) is 1.10. The maximum absolute atomic E-state index is 8.92. The van der Waals surface area contributed by atoms with Crippen LogP contribution in [0.3, 0.4) is 0 Å². The summed E-state index contributed by atoms with van der Waals surface area (Å²) >= 11 is 1.58. The van der Waals surface area contributed by atoms with Crippen LogP contribution in [0.2, 0.25) is 0 Å². The monoisotopic (exact) mass is 255 g/mol. The van der Waals surface area contributed by atoms with Crippen LogP contribution >= 0.6 is 11.8 Å². The smallest absolute Gasteiger partial charge is 0.187 e. The maximum atomic E-state index is 8.92. The van der Waals surface area contributed by atoms with Gasteiger partial charge in [-0.25, -0.2) is 9.97 Å². The maximum Gasteiger partial charge on any atom is 0.187 e. The van der Waals surface area contributed by atoms with Crippen molar-refractivity contribution in [3.05, 3.63) is 18.0 Å². The molecule has 0 saturated heterocycles. The molecule has 17 heavy (non-hydrogen) atoms. The van der Waals surface area contributed by atoms with E-state index in [2.05, 4.69) is 29.1 Å². The lowest BCUT2D eigenvalue weighted by molar-refractivity contribution is 0.250. The first-order valence-electron chi connectivity index (χ1n) is 5.89. The number of hydrogen-bond donors (Lipinski definition) is 2. The Morgan fingerprint density at radius 1 is 1.29 bits per heavy atom. The summed E-state index contributed by atoms with van der Waals surface area (Å²) in [5, 5.41) is 13.0. The molecule has 4 nitrogen and oxygen atoms in total. The summed E-state index contributed by atoms with van der Waals surface area (Å²) in [7, 11) is 0. The van der Waals surface area contributed by atoms with Gasteiger partial charge in [0.2, 0.25) is 0 Å². The van der Waals surface area contributed by atoms with E-state index < -0.39 is 0 Å². The Morgan fingerprint density at radius 2 is 1.94 bits per heavy atom. The molecule has 0 fully saturated rings. The molecule has 0 bridgehead atoms. The van der Waals surface area contributed by atoms with E-state index in [-0.39, 0.29) is 12.5 Å². The van der Waals surface area contributed by atoms with Gasteiger partial charge in [-0.05, 0) is 5.92 Å². The Hall–Kier alpha value is -0.650. The van der Waals surface area contributed by atoms with E-state index in [1.165, 1.54) is 0 Å². The Morgan fingerprint density at radius 3 is 2.47 bits per heavy atom. The normalized spacial score (nSPS) is 13.0. The van der Waals surface area contributed by atoms with E-state index >= 15 is 0 Å². The van der Waals surface area contributed by atoms with Crippen molar-refractivity contribution in [1.82, 2.24) is 15.3 Å².